The predicted octanol–water partition coefficient (Wildman–Crippen LogP) is 2.18. The van der Waals surface area contributed by atoms with Gasteiger partial charge in [0.15, 0.2) is 11.6 Å². The van der Waals surface area contributed by atoms with E-state index >= 15 is 0 Å². The molecule has 0 saturated carbocycles. The lowest BCUT2D eigenvalue weighted by atomic mass is 9.98. The monoisotopic (exact) mass is 212 g/mol. The molecule has 0 unspecified atom stereocenters. The van der Waals surface area contributed by atoms with Crippen molar-refractivity contribution in [3.05, 3.63) is 24.1 Å². The lowest BCUT2D eigenvalue weighted by Gasteiger charge is -2.25. The van der Waals surface area contributed by atoms with E-state index in [0.717, 1.165) is 0 Å². The number of anilines is 1. The van der Waals surface area contributed by atoms with Crippen molar-refractivity contribution in [1.82, 2.24) is 4.98 Å². The Labute approximate surface area is 89.4 Å². The summed E-state index contributed by atoms with van der Waals surface area (Å²) in [7, 11) is 0. The third-order valence-electron chi connectivity index (χ3n) is 2.66. The first-order valence-electron chi connectivity index (χ1n) is 5.18. The summed E-state index contributed by atoms with van der Waals surface area (Å²) in [5, 5.41) is 12.8. The highest BCUT2D eigenvalue weighted by Crippen LogP contribution is 2.16. The number of halogens is 1. The van der Waals surface area contributed by atoms with Crippen molar-refractivity contribution in [2.24, 2.45) is 0 Å². The molecule has 0 amide bonds. The average Bonchev–Trinajstić information content (AvgIpc) is 2.28. The molecule has 1 aromatic rings. The third-order valence-corrected chi connectivity index (χ3v) is 2.66. The van der Waals surface area contributed by atoms with Gasteiger partial charge in [-0.3, -0.25) is 0 Å². The van der Waals surface area contributed by atoms with Crippen LogP contribution in [-0.4, -0.2) is 22.2 Å². The molecule has 2 N–H and O–H groups in total. The van der Waals surface area contributed by atoms with Crippen molar-refractivity contribution >= 4 is 5.82 Å². The molecule has 0 aliphatic heterocycles. The van der Waals surface area contributed by atoms with Crippen molar-refractivity contribution < 1.29 is 9.50 Å². The van der Waals surface area contributed by atoms with Gasteiger partial charge in [-0.25, -0.2) is 9.37 Å². The first kappa shape index (κ1) is 11.9. The summed E-state index contributed by atoms with van der Waals surface area (Å²) in [4.78, 5) is 3.85. The predicted molar refractivity (Wildman–Crippen MR) is 58.2 cm³/mol. The lowest BCUT2D eigenvalue weighted by molar-refractivity contribution is 0.0455. The van der Waals surface area contributed by atoms with Crippen LogP contribution in [0.5, 0.6) is 0 Å². The van der Waals surface area contributed by atoms with Crippen LogP contribution in [0.15, 0.2) is 18.3 Å². The van der Waals surface area contributed by atoms with Crippen LogP contribution in [0.3, 0.4) is 0 Å². The highest BCUT2D eigenvalue weighted by Gasteiger charge is 2.22. The fraction of sp³-hybridized carbons (Fsp3) is 0.545. The molecule has 0 spiro atoms. The molecule has 0 aromatic carbocycles. The van der Waals surface area contributed by atoms with Crippen molar-refractivity contribution in [3.8, 4) is 0 Å². The van der Waals surface area contributed by atoms with Crippen molar-refractivity contribution in [2.45, 2.75) is 32.3 Å². The second kappa shape index (κ2) is 5.07. The minimum atomic E-state index is -0.788. The molecule has 0 aliphatic carbocycles. The highest BCUT2D eigenvalue weighted by atomic mass is 19.1. The molecule has 0 bridgehead atoms. The number of aromatic nitrogens is 1. The van der Waals surface area contributed by atoms with Crippen molar-refractivity contribution in [1.29, 1.82) is 0 Å². The summed E-state index contributed by atoms with van der Waals surface area (Å²) in [5.41, 5.74) is -0.788. The van der Waals surface area contributed by atoms with Gasteiger partial charge in [-0.15, -0.1) is 0 Å². The SMILES string of the molecule is CCC(O)(CC)CNc1ncccc1F. The second-order valence-electron chi connectivity index (χ2n) is 3.62. The van der Waals surface area contributed by atoms with Gasteiger partial charge in [-0.1, -0.05) is 13.8 Å². The normalized spacial score (nSPS) is 11.5. The van der Waals surface area contributed by atoms with Crippen LogP contribution in [0, 0.1) is 5.82 Å². The zero-order valence-corrected chi connectivity index (χ0v) is 9.13. The summed E-state index contributed by atoms with van der Waals surface area (Å²) in [6.45, 7) is 4.12. The summed E-state index contributed by atoms with van der Waals surface area (Å²) in [5.74, 6) is -0.204. The number of hydrogen-bond acceptors (Lipinski definition) is 3. The molecule has 0 atom stereocenters. The van der Waals surface area contributed by atoms with E-state index in [9.17, 15) is 9.50 Å². The summed E-state index contributed by atoms with van der Waals surface area (Å²) in [6.07, 6.45) is 2.78. The van der Waals surface area contributed by atoms with E-state index in [2.05, 4.69) is 10.3 Å². The molecule has 1 heterocycles. The molecule has 0 fully saturated rings. The van der Waals surface area contributed by atoms with E-state index in [1.807, 2.05) is 13.8 Å². The maximum atomic E-state index is 13.2. The Morgan fingerprint density at radius 3 is 2.67 bits per heavy atom. The first-order valence-corrected chi connectivity index (χ1v) is 5.18. The summed E-state index contributed by atoms with van der Waals surface area (Å²) in [6, 6.07) is 2.87. The van der Waals surface area contributed by atoms with E-state index in [1.165, 1.54) is 18.3 Å². The minimum Gasteiger partial charge on any atom is -0.388 e. The topological polar surface area (TPSA) is 45.1 Å². The van der Waals surface area contributed by atoms with Gasteiger partial charge >= 0.3 is 0 Å². The van der Waals surface area contributed by atoms with E-state index < -0.39 is 11.4 Å². The lowest BCUT2D eigenvalue weighted by Crippen LogP contribution is -2.35. The number of pyridine rings is 1. The summed E-state index contributed by atoms with van der Waals surface area (Å²) < 4.78 is 13.2. The maximum absolute atomic E-state index is 13.2. The maximum Gasteiger partial charge on any atom is 0.165 e. The largest absolute Gasteiger partial charge is 0.388 e. The van der Waals surface area contributed by atoms with E-state index in [1.54, 1.807) is 0 Å². The number of rotatable bonds is 5. The van der Waals surface area contributed by atoms with Gasteiger partial charge < -0.3 is 10.4 Å². The zero-order valence-electron chi connectivity index (χ0n) is 9.13. The average molecular weight is 212 g/mol. The Kier molecular flexibility index (Phi) is 4.03. The summed E-state index contributed by atoms with van der Waals surface area (Å²) >= 11 is 0. The van der Waals surface area contributed by atoms with Crippen molar-refractivity contribution in [2.75, 3.05) is 11.9 Å². The third kappa shape index (κ3) is 3.16. The van der Waals surface area contributed by atoms with Crippen LogP contribution in [0.4, 0.5) is 10.2 Å². The Hall–Kier alpha value is -1.16. The molecule has 4 heteroatoms. The Morgan fingerprint density at radius 1 is 1.47 bits per heavy atom. The van der Waals surface area contributed by atoms with Gasteiger partial charge in [0.1, 0.15) is 0 Å². The van der Waals surface area contributed by atoms with Gasteiger partial charge in [0.2, 0.25) is 0 Å². The molecule has 1 aromatic heterocycles. The van der Waals surface area contributed by atoms with E-state index in [4.69, 9.17) is 0 Å². The van der Waals surface area contributed by atoms with Gasteiger partial charge in [-0.2, -0.15) is 0 Å². The van der Waals surface area contributed by atoms with Gasteiger partial charge in [0, 0.05) is 12.7 Å². The number of hydrogen-bond donors (Lipinski definition) is 2. The quantitative estimate of drug-likeness (QED) is 0.786. The Balaban J connectivity index is 2.61. The minimum absolute atomic E-state index is 0.192. The Morgan fingerprint density at radius 2 is 2.13 bits per heavy atom. The van der Waals surface area contributed by atoms with Crippen LogP contribution in [0.2, 0.25) is 0 Å². The van der Waals surface area contributed by atoms with Crippen LogP contribution in [0.25, 0.3) is 0 Å². The molecule has 3 nitrogen and oxygen atoms in total. The van der Waals surface area contributed by atoms with Crippen LogP contribution < -0.4 is 5.32 Å². The standard InChI is InChI=1S/C11H17FN2O/c1-3-11(15,4-2)8-14-10-9(12)6-5-7-13-10/h5-7,15H,3-4,8H2,1-2H3,(H,13,14). The Bertz CT molecular complexity index is 313. The highest BCUT2D eigenvalue weighted by molar-refractivity contribution is 5.35. The number of nitrogens with zero attached hydrogens (tertiary/aromatic N) is 1. The molecule has 0 aliphatic rings. The number of nitrogens with one attached hydrogen (secondary N) is 1. The zero-order chi connectivity index (χ0) is 11.3. The molecule has 15 heavy (non-hydrogen) atoms. The van der Waals surface area contributed by atoms with E-state index in [-0.39, 0.29) is 5.82 Å². The van der Waals surface area contributed by atoms with Crippen molar-refractivity contribution in [3.63, 3.8) is 0 Å². The van der Waals surface area contributed by atoms with E-state index in [0.29, 0.717) is 19.4 Å². The molecule has 1 rings (SSSR count). The molecule has 84 valence electrons. The smallest absolute Gasteiger partial charge is 0.165 e. The van der Waals surface area contributed by atoms with Gasteiger partial charge in [-0.05, 0) is 25.0 Å². The van der Waals surface area contributed by atoms with Gasteiger partial charge in [0.05, 0.1) is 5.60 Å². The molecule has 0 radical (unpaired) electrons. The fourth-order valence-electron chi connectivity index (χ4n) is 1.26. The molecular formula is C11H17FN2O. The molecule has 0 saturated heterocycles. The van der Waals surface area contributed by atoms with Gasteiger partial charge in [0.25, 0.3) is 0 Å². The number of aliphatic hydroxyl groups is 1. The first-order chi connectivity index (χ1) is 7.11. The molecular weight excluding hydrogens is 195 g/mol. The fourth-order valence-corrected chi connectivity index (χ4v) is 1.26. The second-order valence-corrected chi connectivity index (χ2v) is 3.62. The van der Waals surface area contributed by atoms with Crippen LogP contribution in [0.1, 0.15) is 26.7 Å². The van der Waals surface area contributed by atoms with Crippen LogP contribution in [-0.2, 0) is 0 Å². The van der Waals surface area contributed by atoms with Crippen LogP contribution >= 0.6 is 0 Å².